The van der Waals surface area contributed by atoms with E-state index in [1.165, 1.54) is 0 Å². The molecule has 18 heavy (non-hydrogen) atoms. The van der Waals surface area contributed by atoms with Crippen molar-refractivity contribution in [1.29, 1.82) is 0 Å². The molecule has 1 heterocycles. The summed E-state index contributed by atoms with van der Waals surface area (Å²) in [6.07, 6.45) is 1.10. The minimum absolute atomic E-state index is 0.255. The Balaban J connectivity index is 2.19. The van der Waals surface area contributed by atoms with Gasteiger partial charge in [-0.15, -0.1) is 0 Å². The van der Waals surface area contributed by atoms with Crippen LogP contribution in [0.25, 0.3) is 0 Å². The van der Waals surface area contributed by atoms with Crippen molar-refractivity contribution in [1.82, 2.24) is 4.90 Å². The van der Waals surface area contributed by atoms with Gasteiger partial charge in [0.25, 0.3) is 0 Å². The minimum Gasteiger partial charge on any atom is -0.327 e. The van der Waals surface area contributed by atoms with Gasteiger partial charge in [-0.25, -0.2) is 0 Å². The molecule has 0 saturated carbocycles. The molecule has 3 unspecified atom stereocenters. The van der Waals surface area contributed by atoms with Gasteiger partial charge >= 0.3 is 0 Å². The van der Waals surface area contributed by atoms with Crippen molar-refractivity contribution in [2.75, 3.05) is 13.1 Å². The zero-order chi connectivity index (χ0) is 13.3. The fourth-order valence-electron chi connectivity index (χ4n) is 2.79. The van der Waals surface area contributed by atoms with Gasteiger partial charge in [-0.3, -0.25) is 4.90 Å². The maximum atomic E-state index is 6.27. The van der Waals surface area contributed by atoms with E-state index in [-0.39, 0.29) is 12.1 Å². The zero-order valence-electron chi connectivity index (χ0n) is 10.9. The first-order chi connectivity index (χ1) is 8.47. The minimum atomic E-state index is 0.255. The van der Waals surface area contributed by atoms with Crippen molar-refractivity contribution < 1.29 is 0 Å². The van der Waals surface area contributed by atoms with Gasteiger partial charge in [0, 0.05) is 35.2 Å². The van der Waals surface area contributed by atoms with Crippen LogP contribution in [0.1, 0.15) is 31.9 Å². The van der Waals surface area contributed by atoms with E-state index in [1.807, 2.05) is 18.2 Å². The molecule has 1 saturated heterocycles. The summed E-state index contributed by atoms with van der Waals surface area (Å²) in [5.41, 5.74) is 7.19. The molecular formula is C14H20Cl2N2. The van der Waals surface area contributed by atoms with Gasteiger partial charge < -0.3 is 5.73 Å². The molecule has 100 valence electrons. The fraction of sp³-hybridized carbons (Fsp3) is 0.571. The van der Waals surface area contributed by atoms with Crippen LogP contribution < -0.4 is 5.73 Å². The standard InChI is InChI=1S/C14H20Cl2N2/c1-9-5-12(17)8-18(7-9)10(2)13-6-11(15)3-4-14(13)16/h3-4,6,9-10,12H,5,7-8,17H2,1-2H3. The van der Waals surface area contributed by atoms with E-state index in [9.17, 15) is 0 Å². The van der Waals surface area contributed by atoms with E-state index in [1.54, 1.807) is 0 Å². The van der Waals surface area contributed by atoms with Crippen LogP contribution in [0.2, 0.25) is 10.0 Å². The van der Waals surface area contributed by atoms with Crippen LogP contribution in [0.4, 0.5) is 0 Å². The summed E-state index contributed by atoms with van der Waals surface area (Å²) in [4.78, 5) is 2.40. The lowest BCUT2D eigenvalue weighted by molar-refractivity contribution is 0.124. The van der Waals surface area contributed by atoms with Crippen molar-refractivity contribution in [2.45, 2.75) is 32.4 Å². The molecule has 1 fully saturated rings. The lowest BCUT2D eigenvalue weighted by Gasteiger charge is -2.39. The monoisotopic (exact) mass is 286 g/mol. The van der Waals surface area contributed by atoms with Crippen molar-refractivity contribution in [3.05, 3.63) is 33.8 Å². The van der Waals surface area contributed by atoms with Crippen LogP contribution in [-0.2, 0) is 0 Å². The van der Waals surface area contributed by atoms with Gasteiger partial charge in [0.1, 0.15) is 0 Å². The number of benzene rings is 1. The smallest absolute Gasteiger partial charge is 0.0454 e. The molecule has 2 nitrogen and oxygen atoms in total. The third-order valence-electron chi connectivity index (χ3n) is 3.68. The third kappa shape index (κ3) is 3.18. The van der Waals surface area contributed by atoms with Gasteiger partial charge in [-0.2, -0.15) is 0 Å². The van der Waals surface area contributed by atoms with Crippen LogP contribution in [0.5, 0.6) is 0 Å². The molecule has 1 aromatic carbocycles. The molecule has 1 aromatic rings. The van der Waals surface area contributed by atoms with Crippen LogP contribution in [0, 0.1) is 5.92 Å². The zero-order valence-corrected chi connectivity index (χ0v) is 12.4. The average molecular weight is 287 g/mol. The number of hydrogen-bond donors (Lipinski definition) is 1. The van der Waals surface area contributed by atoms with E-state index < -0.39 is 0 Å². The number of piperidine rings is 1. The molecular weight excluding hydrogens is 267 g/mol. The topological polar surface area (TPSA) is 29.3 Å². The summed E-state index contributed by atoms with van der Waals surface area (Å²) < 4.78 is 0. The van der Waals surface area contributed by atoms with Gasteiger partial charge in [0.2, 0.25) is 0 Å². The van der Waals surface area contributed by atoms with Crippen LogP contribution in [-0.4, -0.2) is 24.0 Å². The molecule has 1 aliphatic rings. The molecule has 1 aliphatic heterocycles. The largest absolute Gasteiger partial charge is 0.327 e. The Morgan fingerprint density at radius 2 is 2.06 bits per heavy atom. The third-order valence-corrected chi connectivity index (χ3v) is 4.26. The first-order valence-electron chi connectivity index (χ1n) is 6.42. The molecule has 3 atom stereocenters. The molecule has 0 spiro atoms. The van der Waals surface area contributed by atoms with Crippen LogP contribution >= 0.6 is 23.2 Å². The highest BCUT2D eigenvalue weighted by Crippen LogP contribution is 2.32. The van der Waals surface area contributed by atoms with E-state index in [4.69, 9.17) is 28.9 Å². The number of halogens is 2. The quantitative estimate of drug-likeness (QED) is 0.898. The lowest BCUT2D eigenvalue weighted by atomic mass is 9.94. The number of nitrogens with two attached hydrogens (primary N) is 1. The second-order valence-electron chi connectivity index (χ2n) is 5.40. The fourth-order valence-corrected chi connectivity index (χ4v) is 3.25. The van der Waals surface area contributed by atoms with Crippen LogP contribution in [0.3, 0.4) is 0 Å². The Kier molecular flexibility index (Phi) is 4.54. The van der Waals surface area contributed by atoms with Gasteiger partial charge in [-0.05, 0) is 43.0 Å². The summed E-state index contributed by atoms with van der Waals surface area (Å²) in [5.74, 6) is 0.633. The van der Waals surface area contributed by atoms with E-state index in [0.29, 0.717) is 5.92 Å². The Morgan fingerprint density at radius 1 is 1.33 bits per heavy atom. The van der Waals surface area contributed by atoms with Crippen molar-refractivity contribution in [2.24, 2.45) is 11.7 Å². The summed E-state index contributed by atoms with van der Waals surface area (Å²) in [7, 11) is 0. The second-order valence-corrected chi connectivity index (χ2v) is 6.24. The number of rotatable bonds is 2. The van der Waals surface area contributed by atoms with E-state index >= 15 is 0 Å². The highest BCUT2D eigenvalue weighted by Gasteiger charge is 2.27. The Bertz CT molecular complexity index is 412. The molecule has 0 amide bonds. The Morgan fingerprint density at radius 3 is 2.72 bits per heavy atom. The highest BCUT2D eigenvalue weighted by molar-refractivity contribution is 6.33. The highest BCUT2D eigenvalue weighted by atomic mass is 35.5. The molecule has 4 heteroatoms. The van der Waals surface area contributed by atoms with Crippen LogP contribution in [0.15, 0.2) is 18.2 Å². The van der Waals surface area contributed by atoms with Crippen molar-refractivity contribution in [3.8, 4) is 0 Å². The average Bonchev–Trinajstić information content (AvgIpc) is 2.30. The van der Waals surface area contributed by atoms with E-state index in [2.05, 4.69) is 18.7 Å². The van der Waals surface area contributed by atoms with Crippen molar-refractivity contribution in [3.63, 3.8) is 0 Å². The molecule has 2 rings (SSSR count). The summed E-state index contributed by atoms with van der Waals surface area (Å²) >= 11 is 12.3. The summed E-state index contributed by atoms with van der Waals surface area (Å²) in [5, 5.41) is 1.51. The second kappa shape index (κ2) is 5.79. The summed E-state index contributed by atoms with van der Waals surface area (Å²) in [6, 6.07) is 6.16. The summed E-state index contributed by atoms with van der Waals surface area (Å²) in [6.45, 7) is 6.41. The molecule has 0 aromatic heterocycles. The maximum absolute atomic E-state index is 6.27. The SMILES string of the molecule is CC1CC(N)CN(C(C)c2cc(Cl)ccc2Cl)C1. The van der Waals surface area contributed by atoms with Gasteiger partial charge in [0.15, 0.2) is 0 Å². The molecule has 2 N–H and O–H groups in total. The predicted octanol–water partition coefficient (Wildman–Crippen LogP) is 3.72. The Hall–Kier alpha value is -0.280. The first-order valence-corrected chi connectivity index (χ1v) is 7.17. The maximum Gasteiger partial charge on any atom is 0.0454 e. The lowest BCUT2D eigenvalue weighted by Crippen LogP contribution is -2.47. The molecule has 0 aliphatic carbocycles. The van der Waals surface area contributed by atoms with Gasteiger partial charge in [0.05, 0.1) is 0 Å². The number of nitrogens with zero attached hydrogens (tertiary/aromatic N) is 1. The Labute approximate surface area is 119 Å². The van der Waals surface area contributed by atoms with Crippen molar-refractivity contribution >= 4 is 23.2 Å². The molecule has 0 bridgehead atoms. The number of hydrogen-bond acceptors (Lipinski definition) is 2. The molecule has 0 radical (unpaired) electrons. The first kappa shape index (κ1) is 14.1. The van der Waals surface area contributed by atoms with Gasteiger partial charge in [-0.1, -0.05) is 30.1 Å². The predicted molar refractivity (Wildman–Crippen MR) is 78.2 cm³/mol. The number of likely N-dealkylation sites (tertiary alicyclic amines) is 1. The van der Waals surface area contributed by atoms with E-state index in [0.717, 1.165) is 35.1 Å². The normalized spacial score (nSPS) is 27.2.